The van der Waals surface area contributed by atoms with Crippen LogP contribution in [0, 0.1) is 11.8 Å². The normalized spacial score (nSPS) is 12.4. The highest BCUT2D eigenvalue weighted by Crippen LogP contribution is 2.22. The molecule has 0 aliphatic carbocycles. The first-order chi connectivity index (χ1) is 19.0. The molecule has 6 nitrogen and oxygen atoms in total. The van der Waals surface area contributed by atoms with E-state index in [0.717, 1.165) is 57.8 Å². The van der Waals surface area contributed by atoms with E-state index in [2.05, 4.69) is 18.8 Å². The van der Waals surface area contributed by atoms with Crippen molar-refractivity contribution in [2.45, 2.75) is 155 Å². The van der Waals surface area contributed by atoms with Gasteiger partial charge in [-0.05, 0) is 51.2 Å². The SMILES string of the molecule is CCCCCCCCCCCCC(O)c1ccc(C#CCCCCCCCCC(=O)OC(C)C(=O)OCC)o1. The van der Waals surface area contributed by atoms with E-state index < -0.39 is 18.2 Å². The van der Waals surface area contributed by atoms with Crippen LogP contribution in [-0.4, -0.2) is 29.8 Å². The summed E-state index contributed by atoms with van der Waals surface area (Å²) in [7, 11) is 0. The van der Waals surface area contributed by atoms with Crippen LogP contribution in [0.4, 0.5) is 0 Å². The average molecular weight is 547 g/mol. The van der Waals surface area contributed by atoms with Gasteiger partial charge in [-0.15, -0.1) is 0 Å². The molecule has 0 fully saturated rings. The lowest BCUT2D eigenvalue weighted by Gasteiger charge is -2.11. The maximum atomic E-state index is 11.8. The number of hydrogen-bond donors (Lipinski definition) is 1. The standard InChI is InChI=1S/C33H54O6/c1-4-6-7-8-9-10-11-15-18-21-24-30(34)31-27-26-29(39-31)23-20-17-14-12-13-16-19-22-25-32(35)38-28(3)33(36)37-5-2/h26-28,30,34H,4-19,21-22,24-25H2,1-3H3. The van der Waals surface area contributed by atoms with E-state index in [1.807, 2.05) is 12.1 Å². The van der Waals surface area contributed by atoms with Gasteiger partial charge in [0.2, 0.25) is 0 Å². The van der Waals surface area contributed by atoms with E-state index in [9.17, 15) is 14.7 Å². The van der Waals surface area contributed by atoms with Crippen molar-refractivity contribution in [2.75, 3.05) is 6.61 Å². The Bertz CT molecular complexity index is 818. The molecule has 0 aliphatic heterocycles. The molecule has 0 spiro atoms. The molecule has 0 aliphatic rings. The van der Waals surface area contributed by atoms with E-state index >= 15 is 0 Å². The molecule has 6 heteroatoms. The van der Waals surface area contributed by atoms with E-state index in [-0.39, 0.29) is 12.6 Å². The van der Waals surface area contributed by atoms with Crippen LogP contribution in [0.1, 0.15) is 160 Å². The minimum atomic E-state index is -0.842. The van der Waals surface area contributed by atoms with E-state index in [0.29, 0.717) is 17.9 Å². The van der Waals surface area contributed by atoms with Gasteiger partial charge in [0.25, 0.3) is 0 Å². The fourth-order valence-corrected chi connectivity index (χ4v) is 4.47. The third kappa shape index (κ3) is 18.6. The molecule has 1 heterocycles. The lowest BCUT2D eigenvalue weighted by atomic mass is 10.0. The van der Waals surface area contributed by atoms with Gasteiger partial charge in [-0.2, -0.15) is 0 Å². The van der Waals surface area contributed by atoms with Gasteiger partial charge in [0.15, 0.2) is 11.9 Å². The number of esters is 2. The van der Waals surface area contributed by atoms with Crippen molar-refractivity contribution in [3.8, 4) is 11.8 Å². The Hall–Kier alpha value is -2.26. The van der Waals surface area contributed by atoms with Crippen LogP contribution >= 0.6 is 0 Å². The molecule has 0 radical (unpaired) electrons. The number of aliphatic hydroxyl groups excluding tert-OH is 1. The van der Waals surface area contributed by atoms with Gasteiger partial charge in [0, 0.05) is 12.8 Å². The first-order valence-electron chi connectivity index (χ1n) is 15.6. The molecule has 0 aromatic carbocycles. The minimum absolute atomic E-state index is 0.278. The zero-order chi connectivity index (χ0) is 28.6. The molecule has 0 bridgehead atoms. The molecular formula is C33H54O6. The number of carbonyl (C=O) groups excluding carboxylic acids is 2. The smallest absolute Gasteiger partial charge is 0.347 e. The van der Waals surface area contributed by atoms with Crippen molar-refractivity contribution >= 4 is 11.9 Å². The topological polar surface area (TPSA) is 86.0 Å². The molecule has 0 saturated carbocycles. The molecule has 1 aromatic heterocycles. The molecular weight excluding hydrogens is 492 g/mol. The second-order valence-corrected chi connectivity index (χ2v) is 10.5. The summed E-state index contributed by atoms with van der Waals surface area (Å²) in [6, 6.07) is 3.70. The molecule has 0 saturated heterocycles. The van der Waals surface area contributed by atoms with Crippen LogP contribution in [-0.2, 0) is 19.1 Å². The largest absolute Gasteiger partial charge is 0.463 e. The third-order valence-corrected chi connectivity index (χ3v) is 6.86. The number of unbranched alkanes of at least 4 members (excludes halogenated alkanes) is 15. The predicted molar refractivity (Wildman–Crippen MR) is 156 cm³/mol. The molecule has 1 aromatic rings. The summed E-state index contributed by atoms with van der Waals surface area (Å²) in [5.41, 5.74) is 0. The van der Waals surface area contributed by atoms with Crippen LogP contribution in [0.25, 0.3) is 0 Å². The van der Waals surface area contributed by atoms with Gasteiger partial charge < -0.3 is 19.0 Å². The fourth-order valence-electron chi connectivity index (χ4n) is 4.47. The van der Waals surface area contributed by atoms with Gasteiger partial charge in [0.05, 0.1) is 6.61 Å². The summed E-state index contributed by atoms with van der Waals surface area (Å²) in [6.07, 6.45) is 19.4. The Morgan fingerprint density at radius 3 is 2.08 bits per heavy atom. The number of ether oxygens (including phenoxy) is 2. The van der Waals surface area contributed by atoms with Crippen molar-refractivity contribution in [1.29, 1.82) is 0 Å². The summed E-state index contributed by atoms with van der Waals surface area (Å²) >= 11 is 0. The highest BCUT2D eigenvalue weighted by atomic mass is 16.6. The van der Waals surface area contributed by atoms with Crippen molar-refractivity contribution < 1.29 is 28.6 Å². The van der Waals surface area contributed by atoms with E-state index in [1.54, 1.807) is 6.92 Å². The summed E-state index contributed by atoms with van der Waals surface area (Å²) in [5, 5.41) is 10.4. The second-order valence-electron chi connectivity index (χ2n) is 10.5. The number of hydrogen-bond acceptors (Lipinski definition) is 6. The van der Waals surface area contributed by atoms with Crippen LogP contribution in [0.15, 0.2) is 16.5 Å². The Kier molecular flexibility index (Phi) is 21.0. The maximum Gasteiger partial charge on any atom is 0.347 e. The predicted octanol–water partition coefficient (Wildman–Crippen LogP) is 8.59. The fraction of sp³-hybridized carbons (Fsp3) is 0.758. The Balaban J connectivity index is 2.03. The maximum absolute atomic E-state index is 11.8. The second kappa shape index (κ2) is 23.6. The molecule has 1 N–H and O–H groups in total. The number of rotatable bonds is 23. The third-order valence-electron chi connectivity index (χ3n) is 6.86. The van der Waals surface area contributed by atoms with Crippen molar-refractivity contribution in [1.82, 2.24) is 0 Å². The molecule has 222 valence electrons. The molecule has 1 rings (SSSR count). The summed E-state index contributed by atoms with van der Waals surface area (Å²) in [5.74, 6) is 6.63. The molecule has 2 atom stereocenters. The van der Waals surface area contributed by atoms with Gasteiger partial charge in [-0.1, -0.05) is 103 Å². The zero-order valence-electron chi connectivity index (χ0n) is 24.9. The van der Waals surface area contributed by atoms with Crippen LogP contribution in [0.5, 0.6) is 0 Å². The highest BCUT2D eigenvalue weighted by molar-refractivity contribution is 5.78. The summed E-state index contributed by atoms with van der Waals surface area (Å²) in [4.78, 5) is 23.3. The van der Waals surface area contributed by atoms with Gasteiger partial charge in [-0.25, -0.2) is 4.79 Å². The monoisotopic (exact) mass is 546 g/mol. The Labute approximate surface area is 237 Å². The Morgan fingerprint density at radius 2 is 1.44 bits per heavy atom. The van der Waals surface area contributed by atoms with E-state index in [1.165, 1.54) is 64.7 Å². The number of furan rings is 1. The molecule has 2 unspecified atom stereocenters. The number of aliphatic hydroxyl groups is 1. The summed E-state index contributed by atoms with van der Waals surface area (Å²) < 4.78 is 15.7. The lowest BCUT2D eigenvalue weighted by molar-refractivity contribution is -0.166. The number of carbonyl (C=O) groups is 2. The first-order valence-corrected chi connectivity index (χ1v) is 15.6. The molecule has 39 heavy (non-hydrogen) atoms. The first kappa shape index (κ1) is 34.8. The lowest BCUT2D eigenvalue weighted by Crippen LogP contribution is -2.26. The van der Waals surface area contributed by atoms with Crippen molar-refractivity contribution in [3.05, 3.63) is 23.7 Å². The van der Waals surface area contributed by atoms with Crippen molar-refractivity contribution in [2.24, 2.45) is 0 Å². The average Bonchev–Trinajstić information content (AvgIpc) is 3.40. The van der Waals surface area contributed by atoms with Gasteiger partial charge in [0.1, 0.15) is 11.9 Å². The zero-order valence-corrected chi connectivity index (χ0v) is 24.9. The van der Waals surface area contributed by atoms with Crippen LogP contribution < -0.4 is 0 Å². The van der Waals surface area contributed by atoms with Crippen molar-refractivity contribution in [3.63, 3.8) is 0 Å². The van der Waals surface area contributed by atoms with Gasteiger partial charge in [-0.3, -0.25) is 4.79 Å². The molecule has 0 amide bonds. The van der Waals surface area contributed by atoms with Crippen LogP contribution in [0.3, 0.4) is 0 Å². The quantitative estimate of drug-likeness (QED) is 0.0840. The van der Waals surface area contributed by atoms with Crippen LogP contribution in [0.2, 0.25) is 0 Å². The summed E-state index contributed by atoms with van der Waals surface area (Å²) in [6.45, 7) is 5.79. The van der Waals surface area contributed by atoms with E-state index in [4.69, 9.17) is 13.9 Å². The van der Waals surface area contributed by atoms with Gasteiger partial charge >= 0.3 is 11.9 Å². The highest BCUT2D eigenvalue weighted by Gasteiger charge is 2.18. The Morgan fingerprint density at radius 1 is 0.846 bits per heavy atom. The minimum Gasteiger partial charge on any atom is -0.463 e.